The van der Waals surface area contributed by atoms with Gasteiger partial charge in [0.1, 0.15) is 24.0 Å². The summed E-state index contributed by atoms with van der Waals surface area (Å²) < 4.78 is 35.0. The van der Waals surface area contributed by atoms with Crippen LogP contribution in [0.1, 0.15) is 32.6 Å². The number of ketones is 1. The molecule has 0 N–H and O–H groups in total. The summed E-state index contributed by atoms with van der Waals surface area (Å²) in [6.07, 6.45) is 2.54. The maximum absolute atomic E-state index is 13.3. The smallest absolute Gasteiger partial charge is 0.231 e. The number of hydrogen-bond donors (Lipinski definition) is 0. The Labute approximate surface area is 228 Å². The molecule has 9 heteroatoms. The third kappa shape index (κ3) is 4.62. The van der Waals surface area contributed by atoms with E-state index in [4.69, 9.17) is 28.4 Å². The molecule has 0 atom stereocenters. The average Bonchev–Trinajstić information content (AvgIpc) is 3.26. The predicted octanol–water partition coefficient (Wildman–Crippen LogP) is 5.34. The summed E-state index contributed by atoms with van der Waals surface area (Å²) in [5.41, 5.74) is 4.22. The molecule has 3 aromatic carbocycles. The minimum Gasteiger partial charge on any atom is -0.493 e. The topological polar surface area (TPSA) is 75.7 Å². The second kappa shape index (κ2) is 10.3. The van der Waals surface area contributed by atoms with E-state index < -0.39 is 0 Å². The van der Waals surface area contributed by atoms with Crippen LogP contribution >= 0.6 is 15.9 Å². The van der Waals surface area contributed by atoms with E-state index in [0.29, 0.717) is 48.4 Å². The van der Waals surface area contributed by atoms with Crippen molar-refractivity contribution < 1.29 is 33.2 Å². The van der Waals surface area contributed by atoms with Gasteiger partial charge in [-0.25, -0.2) is 0 Å². The summed E-state index contributed by atoms with van der Waals surface area (Å²) >= 11 is 3.54. The summed E-state index contributed by atoms with van der Waals surface area (Å²) in [6, 6.07) is 13.4. The Kier molecular flexibility index (Phi) is 6.73. The molecule has 3 aliphatic rings. The molecule has 0 amide bonds. The Morgan fingerprint density at radius 1 is 1.03 bits per heavy atom. The van der Waals surface area contributed by atoms with Gasteiger partial charge in [-0.15, -0.1) is 0 Å². The largest absolute Gasteiger partial charge is 0.493 e. The quantitative estimate of drug-likeness (QED) is 0.362. The lowest BCUT2D eigenvalue weighted by molar-refractivity contribution is -0.0165. The van der Waals surface area contributed by atoms with Gasteiger partial charge in [-0.1, -0.05) is 22.0 Å². The van der Waals surface area contributed by atoms with E-state index in [0.717, 1.165) is 45.4 Å². The van der Waals surface area contributed by atoms with Crippen molar-refractivity contribution in [2.45, 2.75) is 19.6 Å². The highest BCUT2D eigenvalue weighted by Crippen LogP contribution is 2.43. The molecule has 0 spiro atoms. The van der Waals surface area contributed by atoms with Crippen LogP contribution in [0.4, 0.5) is 0 Å². The fourth-order valence-electron chi connectivity index (χ4n) is 4.93. The van der Waals surface area contributed by atoms with Gasteiger partial charge in [0.15, 0.2) is 24.1 Å². The standard InChI is InChI=1S/C29H26BrNO7/c1-33-24-5-3-17(9-25(24)34-2)7-8-31-13-22-23(36-15-31)6-4-21-27(32)26(38-29(21)22)12-18-10-20(30)11-19-14-35-16-37-28(18)19/h3-6,9-12H,7-8,13-16H2,1-2H3/b26-12-. The number of fused-ring (bicyclic) bond motifs is 4. The van der Waals surface area contributed by atoms with Crippen LogP contribution in [0.2, 0.25) is 0 Å². The van der Waals surface area contributed by atoms with E-state index >= 15 is 0 Å². The number of halogens is 1. The second-order valence-electron chi connectivity index (χ2n) is 9.22. The van der Waals surface area contributed by atoms with Gasteiger partial charge < -0.3 is 28.4 Å². The SMILES string of the molecule is COc1ccc(CCN2COc3ccc4c(c3C2)O/C(=C\c2cc(Br)cc3c2OCOC3)C4=O)cc1OC. The number of benzene rings is 3. The lowest BCUT2D eigenvalue weighted by Gasteiger charge is -2.29. The molecular weight excluding hydrogens is 554 g/mol. The van der Waals surface area contributed by atoms with Gasteiger partial charge >= 0.3 is 0 Å². The molecular formula is C29H26BrNO7. The lowest BCUT2D eigenvalue weighted by Crippen LogP contribution is -2.33. The van der Waals surface area contributed by atoms with Gasteiger partial charge in [-0.2, -0.15) is 0 Å². The molecule has 0 bridgehead atoms. The van der Waals surface area contributed by atoms with Crippen LogP contribution in [-0.2, 0) is 24.3 Å². The molecule has 38 heavy (non-hydrogen) atoms. The molecule has 6 rings (SSSR count). The Hall–Kier alpha value is -3.53. The molecule has 3 aromatic rings. The number of rotatable bonds is 6. The van der Waals surface area contributed by atoms with Gasteiger partial charge in [0, 0.05) is 28.7 Å². The number of ether oxygens (including phenoxy) is 6. The van der Waals surface area contributed by atoms with Crippen molar-refractivity contribution >= 4 is 27.8 Å². The lowest BCUT2D eigenvalue weighted by atomic mass is 10.0. The first-order valence-electron chi connectivity index (χ1n) is 12.2. The van der Waals surface area contributed by atoms with Crippen LogP contribution in [0.25, 0.3) is 6.08 Å². The van der Waals surface area contributed by atoms with E-state index in [1.807, 2.05) is 36.4 Å². The number of Topliss-reactive ketones (excluding diaryl/α,β-unsaturated/α-hetero) is 1. The molecule has 3 aliphatic heterocycles. The van der Waals surface area contributed by atoms with Crippen molar-refractivity contribution in [3.63, 3.8) is 0 Å². The molecule has 0 fully saturated rings. The van der Waals surface area contributed by atoms with Crippen molar-refractivity contribution in [1.82, 2.24) is 4.90 Å². The van der Waals surface area contributed by atoms with Crippen LogP contribution in [0.3, 0.4) is 0 Å². The van der Waals surface area contributed by atoms with E-state index in [1.165, 1.54) is 0 Å². The number of carbonyl (C=O) groups is 1. The average molecular weight is 580 g/mol. The highest BCUT2D eigenvalue weighted by molar-refractivity contribution is 9.10. The summed E-state index contributed by atoms with van der Waals surface area (Å²) in [6.45, 7) is 2.45. The molecule has 0 radical (unpaired) electrons. The number of hydrogen-bond acceptors (Lipinski definition) is 8. The zero-order valence-electron chi connectivity index (χ0n) is 21.0. The maximum atomic E-state index is 13.3. The Bertz CT molecular complexity index is 1450. The first kappa shape index (κ1) is 24.8. The number of carbonyl (C=O) groups excluding carboxylic acids is 1. The maximum Gasteiger partial charge on any atom is 0.231 e. The Morgan fingerprint density at radius 3 is 2.74 bits per heavy atom. The summed E-state index contributed by atoms with van der Waals surface area (Å²) in [7, 11) is 3.26. The van der Waals surface area contributed by atoms with E-state index in [-0.39, 0.29) is 18.3 Å². The minimum absolute atomic E-state index is 0.161. The fourth-order valence-corrected chi connectivity index (χ4v) is 5.45. The van der Waals surface area contributed by atoms with Crippen molar-refractivity contribution in [3.05, 3.63) is 80.5 Å². The molecule has 196 valence electrons. The van der Waals surface area contributed by atoms with E-state index in [1.54, 1.807) is 26.4 Å². The van der Waals surface area contributed by atoms with Crippen molar-refractivity contribution in [2.75, 3.05) is 34.3 Å². The van der Waals surface area contributed by atoms with Crippen molar-refractivity contribution in [1.29, 1.82) is 0 Å². The third-order valence-electron chi connectivity index (χ3n) is 6.84. The Morgan fingerprint density at radius 2 is 1.89 bits per heavy atom. The van der Waals surface area contributed by atoms with Gasteiger partial charge in [0.2, 0.25) is 5.78 Å². The minimum atomic E-state index is -0.161. The molecule has 8 nitrogen and oxygen atoms in total. The van der Waals surface area contributed by atoms with Crippen LogP contribution in [-0.4, -0.2) is 45.0 Å². The van der Waals surface area contributed by atoms with Gasteiger partial charge in [-0.3, -0.25) is 9.69 Å². The van der Waals surface area contributed by atoms with Gasteiger partial charge in [-0.05, 0) is 54.5 Å². The molecule has 0 aromatic heterocycles. The fraction of sp³-hybridized carbons (Fsp3) is 0.276. The predicted molar refractivity (Wildman–Crippen MR) is 143 cm³/mol. The first-order chi connectivity index (χ1) is 18.5. The highest BCUT2D eigenvalue weighted by atomic mass is 79.9. The normalized spacial score (nSPS) is 17.1. The number of allylic oxidation sites excluding steroid dienone is 1. The van der Waals surface area contributed by atoms with Crippen molar-refractivity contribution in [3.8, 4) is 28.7 Å². The second-order valence-corrected chi connectivity index (χ2v) is 10.1. The molecule has 3 heterocycles. The zero-order valence-corrected chi connectivity index (χ0v) is 22.6. The summed E-state index contributed by atoms with van der Waals surface area (Å²) in [4.78, 5) is 15.5. The number of methoxy groups -OCH3 is 2. The van der Waals surface area contributed by atoms with Crippen LogP contribution in [0, 0.1) is 0 Å². The Balaban J connectivity index is 1.22. The van der Waals surface area contributed by atoms with E-state index in [2.05, 4.69) is 20.8 Å². The summed E-state index contributed by atoms with van der Waals surface area (Å²) in [5, 5.41) is 0. The summed E-state index contributed by atoms with van der Waals surface area (Å²) in [5.74, 6) is 3.50. The van der Waals surface area contributed by atoms with Crippen LogP contribution < -0.4 is 23.7 Å². The van der Waals surface area contributed by atoms with Gasteiger partial charge in [0.05, 0.1) is 32.0 Å². The van der Waals surface area contributed by atoms with Crippen LogP contribution in [0.5, 0.6) is 28.7 Å². The van der Waals surface area contributed by atoms with E-state index in [9.17, 15) is 4.79 Å². The molecule has 0 saturated heterocycles. The molecule has 0 aliphatic carbocycles. The zero-order chi connectivity index (χ0) is 26.2. The monoisotopic (exact) mass is 579 g/mol. The number of nitrogens with zero attached hydrogens (tertiary/aromatic N) is 1. The first-order valence-corrected chi connectivity index (χ1v) is 13.0. The van der Waals surface area contributed by atoms with Crippen molar-refractivity contribution in [2.24, 2.45) is 0 Å². The third-order valence-corrected chi connectivity index (χ3v) is 7.29. The highest BCUT2D eigenvalue weighted by Gasteiger charge is 2.34. The molecule has 0 saturated carbocycles. The molecule has 0 unspecified atom stereocenters. The van der Waals surface area contributed by atoms with Crippen LogP contribution in [0.15, 0.2) is 52.7 Å². The van der Waals surface area contributed by atoms with Gasteiger partial charge in [0.25, 0.3) is 0 Å².